The van der Waals surface area contributed by atoms with Crippen LogP contribution >= 0.6 is 12.4 Å². The van der Waals surface area contributed by atoms with Crippen molar-refractivity contribution in [3.05, 3.63) is 36.0 Å². The summed E-state index contributed by atoms with van der Waals surface area (Å²) in [6.45, 7) is 0. The van der Waals surface area contributed by atoms with Crippen molar-refractivity contribution in [2.24, 2.45) is 0 Å². The van der Waals surface area contributed by atoms with E-state index in [1.807, 2.05) is 24.3 Å². The molecule has 0 fully saturated rings. The predicted molar refractivity (Wildman–Crippen MR) is 59.4 cm³/mol. The summed E-state index contributed by atoms with van der Waals surface area (Å²) in [5, 5.41) is 8.56. The molecule has 74 valence electrons. The number of nitrogens with one attached hydrogen (secondary N) is 2. The molecule has 0 spiro atoms. The number of aromatic nitrogens is 1. The second-order valence-electron chi connectivity index (χ2n) is 2.78. The Hall–Kier alpha value is -1.48. The molecule has 0 bridgehead atoms. The molecule has 1 aromatic carbocycles. The maximum atomic E-state index is 7.53. The number of ether oxygens (including phenoxy) is 1. The predicted octanol–water partition coefficient (Wildman–Crippen LogP) is 2.56. The summed E-state index contributed by atoms with van der Waals surface area (Å²) in [6.07, 6.45) is 1.79. The molecule has 1 aromatic heterocycles. The summed E-state index contributed by atoms with van der Waals surface area (Å²) >= 11 is 0. The van der Waals surface area contributed by atoms with Gasteiger partial charge in [0.2, 0.25) is 5.90 Å². The van der Waals surface area contributed by atoms with Crippen LogP contribution in [0, 0.1) is 5.41 Å². The van der Waals surface area contributed by atoms with Gasteiger partial charge in [0.15, 0.2) is 0 Å². The van der Waals surface area contributed by atoms with Crippen molar-refractivity contribution in [2.45, 2.75) is 0 Å². The molecule has 4 heteroatoms. The van der Waals surface area contributed by atoms with Crippen molar-refractivity contribution < 1.29 is 4.74 Å². The highest BCUT2D eigenvalue weighted by Crippen LogP contribution is 2.17. The molecule has 0 radical (unpaired) electrons. The van der Waals surface area contributed by atoms with Gasteiger partial charge >= 0.3 is 0 Å². The van der Waals surface area contributed by atoms with Crippen LogP contribution in [-0.2, 0) is 4.74 Å². The summed E-state index contributed by atoms with van der Waals surface area (Å²) in [5.41, 5.74) is 1.83. The lowest BCUT2D eigenvalue weighted by Gasteiger charge is -1.98. The first-order valence-electron chi connectivity index (χ1n) is 4.02. The average molecular weight is 211 g/mol. The van der Waals surface area contributed by atoms with Gasteiger partial charge in [-0.25, -0.2) is 0 Å². The molecule has 3 nitrogen and oxygen atoms in total. The van der Waals surface area contributed by atoms with Gasteiger partial charge < -0.3 is 9.72 Å². The topological polar surface area (TPSA) is 48.9 Å². The van der Waals surface area contributed by atoms with Gasteiger partial charge in [-0.15, -0.1) is 12.4 Å². The maximum Gasteiger partial charge on any atom is 0.215 e. The number of benzene rings is 1. The first kappa shape index (κ1) is 10.6. The first-order chi connectivity index (χ1) is 6.33. The Labute approximate surface area is 88.0 Å². The highest BCUT2D eigenvalue weighted by molar-refractivity contribution is 6.05. The van der Waals surface area contributed by atoms with Crippen LogP contribution in [0.2, 0.25) is 0 Å². The minimum absolute atomic E-state index is 0. The summed E-state index contributed by atoms with van der Waals surface area (Å²) in [4.78, 5) is 3.08. The highest BCUT2D eigenvalue weighted by Gasteiger charge is 2.07. The van der Waals surface area contributed by atoms with E-state index in [1.54, 1.807) is 6.20 Å². The zero-order valence-electron chi connectivity index (χ0n) is 7.70. The minimum Gasteiger partial charge on any atom is -0.481 e. The minimum atomic E-state index is 0. The van der Waals surface area contributed by atoms with Gasteiger partial charge in [0.1, 0.15) is 0 Å². The molecule has 0 aliphatic heterocycles. The number of methoxy groups -OCH3 is 1. The lowest BCUT2D eigenvalue weighted by molar-refractivity contribution is 0.401. The Kier molecular flexibility index (Phi) is 3.14. The van der Waals surface area contributed by atoms with E-state index in [-0.39, 0.29) is 18.3 Å². The fraction of sp³-hybridized carbons (Fsp3) is 0.100. The molecule has 0 saturated heterocycles. The van der Waals surface area contributed by atoms with Crippen LogP contribution in [0.25, 0.3) is 10.9 Å². The molecule has 0 saturated carbocycles. The molecular weight excluding hydrogens is 200 g/mol. The van der Waals surface area contributed by atoms with E-state index >= 15 is 0 Å². The summed E-state index contributed by atoms with van der Waals surface area (Å²) in [5.74, 6) is 0.192. The number of H-pyrrole nitrogens is 1. The SMILES string of the molecule is COC(=N)c1c[nH]c2ccccc12.Cl. The van der Waals surface area contributed by atoms with Crippen molar-refractivity contribution in [3.8, 4) is 0 Å². The van der Waals surface area contributed by atoms with Crippen LogP contribution in [-0.4, -0.2) is 18.0 Å². The number of halogens is 1. The van der Waals surface area contributed by atoms with E-state index in [4.69, 9.17) is 10.1 Å². The fourth-order valence-corrected chi connectivity index (χ4v) is 1.37. The Bertz CT molecular complexity index is 450. The normalized spacial score (nSPS) is 9.50. The van der Waals surface area contributed by atoms with Crippen molar-refractivity contribution in [1.82, 2.24) is 4.98 Å². The number of fused-ring (bicyclic) bond motifs is 1. The van der Waals surface area contributed by atoms with Crippen LogP contribution in [0.3, 0.4) is 0 Å². The molecular formula is C10H11ClN2O. The van der Waals surface area contributed by atoms with Gasteiger partial charge in [-0.05, 0) is 6.07 Å². The molecule has 0 aliphatic rings. The number of para-hydroxylation sites is 1. The van der Waals surface area contributed by atoms with E-state index in [1.165, 1.54) is 7.11 Å². The molecule has 2 aromatic rings. The van der Waals surface area contributed by atoms with E-state index in [2.05, 4.69) is 4.98 Å². The van der Waals surface area contributed by atoms with Crippen LogP contribution in [0.1, 0.15) is 5.56 Å². The zero-order chi connectivity index (χ0) is 9.26. The van der Waals surface area contributed by atoms with Crippen LogP contribution in [0.15, 0.2) is 30.5 Å². The van der Waals surface area contributed by atoms with Gasteiger partial charge in [-0.2, -0.15) is 0 Å². The standard InChI is InChI=1S/C10H10N2O.ClH/c1-13-10(11)8-6-12-9-5-3-2-4-7(8)9;/h2-6,11-12H,1H3;1H. The number of hydrogen-bond acceptors (Lipinski definition) is 2. The average Bonchev–Trinajstić information content (AvgIpc) is 2.60. The number of aromatic amines is 1. The van der Waals surface area contributed by atoms with E-state index in [0.717, 1.165) is 16.5 Å². The first-order valence-corrected chi connectivity index (χ1v) is 4.02. The van der Waals surface area contributed by atoms with Gasteiger partial charge in [-0.3, -0.25) is 5.41 Å². The molecule has 0 amide bonds. The molecule has 1 heterocycles. The van der Waals surface area contributed by atoms with Crippen LogP contribution in [0.4, 0.5) is 0 Å². The largest absolute Gasteiger partial charge is 0.481 e. The van der Waals surface area contributed by atoms with Gasteiger partial charge in [-0.1, -0.05) is 18.2 Å². The quantitative estimate of drug-likeness (QED) is 0.552. The number of rotatable bonds is 1. The number of hydrogen-bond donors (Lipinski definition) is 2. The van der Waals surface area contributed by atoms with Gasteiger partial charge in [0, 0.05) is 17.1 Å². The monoisotopic (exact) mass is 210 g/mol. The molecule has 2 N–H and O–H groups in total. The maximum absolute atomic E-state index is 7.53. The highest BCUT2D eigenvalue weighted by atomic mass is 35.5. The summed E-state index contributed by atoms with van der Waals surface area (Å²) in [6, 6.07) is 7.85. The van der Waals surface area contributed by atoms with Gasteiger partial charge in [0.25, 0.3) is 0 Å². The summed E-state index contributed by atoms with van der Waals surface area (Å²) in [7, 11) is 1.50. The van der Waals surface area contributed by atoms with Crippen molar-refractivity contribution in [1.29, 1.82) is 5.41 Å². The third-order valence-corrected chi connectivity index (χ3v) is 2.04. The third-order valence-electron chi connectivity index (χ3n) is 2.04. The molecule has 0 unspecified atom stereocenters. The lowest BCUT2D eigenvalue weighted by Crippen LogP contribution is -1.99. The summed E-state index contributed by atoms with van der Waals surface area (Å²) < 4.78 is 4.87. The Balaban J connectivity index is 0.000000980. The van der Waals surface area contributed by atoms with E-state index < -0.39 is 0 Å². The van der Waals surface area contributed by atoms with Crippen LogP contribution in [0.5, 0.6) is 0 Å². The second kappa shape index (κ2) is 4.15. The lowest BCUT2D eigenvalue weighted by atomic mass is 10.2. The Morgan fingerprint density at radius 3 is 2.79 bits per heavy atom. The van der Waals surface area contributed by atoms with E-state index in [9.17, 15) is 0 Å². The van der Waals surface area contributed by atoms with E-state index in [0.29, 0.717) is 0 Å². The van der Waals surface area contributed by atoms with Crippen molar-refractivity contribution in [3.63, 3.8) is 0 Å². The Morgan fingerprint density at radius 2 is 2.07 bits per heavy atom. The zero-order valence-corrected chi connectivity index (χ0v) is 8.52. The third kappa shape index (κ3) is 1.59. The Morgan fingerprint density at radius 1 is 1.36 bits per heavy atom. The second-order valence-corrected chi connectivity index (χ2v) is 2.78. The van der Waals surface area contributed by atoms with Crippen molar-refractivity contribution >= 4 is 29.2 Å². The fourth-order valence-electron chi connectivity index (χ4n) is 1.37. The van der Waals surface area contributed by atoms with Gasteiger partial charge in [0.05, 0.1) is 12.7 Å². The molecule has 0 atom stereocenters. The molecule has 0 aliphatic carbocycles. The van der Waals surface area contributed by atoms with Crippen molar-refractivity contribution in [2.75, 3.05) is 7.11 Å². The molecule has 2 rings (SSSR count). The van der Waals surface area contributed by atoms with Crippen LogP contribution < -0.4 is 0 Å². The smallest absolute Gasteiger partial charge is 0.215 e. The molecule has 14 heavy (non-hydrogen) atoms.